The number of aryl methyl sites for hydroxylation is 1. The summed E-state index contributed by atoms with van der Waals surface area (Å²) in [4.78, 5) is 22.8. The van der Waals surface area contributed by atoms with Crippen molar-refractivity contribution in [3.05, 3.63) is 62.2 Å². The minimum absolute atomic E-state index is 0.142. The van der Waals surface area contributed by atoms with E-state index in [0.29, 0.717) is 5.75 Å². The van der Waals surface area contributed by atoms with E-state index in [1.807, 2.05) is 6.92 Å². The van der Waals surface area contributed by atoms with Crippen LogP contribution in [0.5, 0.6) is 11.5 Å². The molecule has 0 aromatic heterocycles. The zero-order chi connectivity index (χ0) is 19.3. The standard InChI is InChI=1S/C17H16ClN3O5/c1-10-4-5-12(13(18)6-10)17(22)20-19-9-11-7-15(25-2)16(26-3)8-14(11)21(23)24/h4-9H,1-3H3,(H,20,22)/b19-9-. The summed E-state index contributed by atoms with van der Waals surface area (Å²) >= 11 is 6.03. The molecule has 0 radical (unpaired) electrons. The highest BCUT2D eigenvalue weighted by molar-refractivity contribution is 6.33. The summed E-state index contributed by atoms with van der Waals surface area (Å²) in [5, 5.41) is 15.3. The van der Waals surface area contributed by atoms with Crippen LogP contribution in [0.25, 0.3) is 0 Å². The fourth-order valence-electron chi connectivity index (χ4n) is 2.17. The molecule has 2 aromatic carbocycles. The van der Waals surface area contributed by atoms with Crippen LogP contribution in [-0.2, 0) is 0 Å². The van der Waals surface area contributed by atoms with Crippen molar-refractivity contribution < 1.29 is 19.2 Å². The van der Waals surface area contributed by atoms with Gasteiger partial charge in [0.2, 0.25) is 0 Å². The van der Waals surface area contributed by atoms with Crippen molar-refractivity contribution in [3.8, 4) is 11.5 Å². The summed E-state index contributed by atoms with van der Waals surface area (Å²) in [6.45, 7) is 1.85. The second kappa shape index (κ2) is 8.30. The van der Waals surface area contributed by atoms with E-state index in [1.165, 1.54) is 26.4 Å². The number of nitro benzene ring substituents is 1. The Morgan fingerprint density at radius 3 is 2.46 bits per heavy atom. The van der Waals surface area contributed by atoms with Gasteiger partial charge in [0.05, 0.1) is 47.6 Å². The first kappa shape index (κ1) is 19.2. The van der Waals surface area contributed by atoms with Gasteiger partial charge in [-0.1, -0.05) is 17.7 Å². The van der Waals surface area contributed by atoms with Gasteiger partial charge in [-0.2, -0.15) is 5.10 Å². The van der Waals surface area contributed by atoms with Crippen LogP contribution in [0.15, 0.2) is 35.4 Å². The molecule has 1 amide bonds. The summed E-state index contributed by atoms with van der Waals surface area (Å²) in [5.41, 5.74) is 3.35. The third-order valence-corrected chi connectivity index (χ3v) is 3.78. The largest absolute Gasteiger partial charge is 0.493 e. The number of rotatable bonds is 6. The summed E-state index contributed by atoms with van der Waals surface area (Å²) in [5.74, 6) is -0.0198. The molecule has 2 aromatic rings. The third kappa shape index (κ3) is 4.28. The van der Waals surface area contributed by atoms with E-state index in [4.69, 9.17) is 21.1 Å². The van der Waals surface area contributed by atoms with Crippen molar-refractivity contribution in [3.63, 3.8) is 0 Å². The number of carbonyl (C=O) groups is 1. The number of amides is 1. The van der Waals surface area contributed by atoms with Crippen LogP contribution in [0.3, 0.4) is 0 Å². The van der Waals surface area contributed by atoms with Gasteiger partial charge in [-0.3, -0.25) is 14.9 Å². The Balaban J connectivity index is 2.26. The number of ether oxygens (including phenoxy) is 2. The lowest BCUT2D eigenvalue weighted by atomic mass is 10.1. The Morgan fingerprint density at radius 2 is 1.88 bits per heavy atom. The molecule has 1 N–H and O–H groups in total. The van der Waals surface area contributed by atoms with Crippen molar-refractivity contribution in [2.75, 3.05) is 14.2 Å². The minimum Gasteiger partial charge on any atom is -0.493 e. The summed E-state index contributed by atoms with van der Waals surface area (Å²) in [7, 11) is 2.78. The number of halogens is 1. The molecule has 0 aliphatic heterocycles. The first-order valence-electron chi connectivity index (χ1n) is 7.37. The molecular weight excluding hydrogens is 362 g/mol. The lowest BCUT2D eigenvalue weighted by molar-refractivity contribution is -0.385. The second-order valence-electron chi connectivity index (χ2n) is 5.21. The van der Waals surface area contributed by atoms with Crippen LogP contribution in [0.4, 0.5) is 5.69 Å². The van der Waals surface area contributed by atoms with Crippen LogP contribution in [0.1, 0.15) is 21.5 Å². The molecule has 26 heavy (non-hydrogen) atoms. The van der Waals surface area contributed by atoms with E-state index in [1.54, 1.807) is 18.2 Å². The Bertz CT molecular complexity index is 883. The maximum absolute atomic E-state index is 12.1. The SMILES string of the molecule is COc1cc(/C=N\NC(=O)c2ccc(C)cc2Cl)c([N+](=O)[O-])cc1OC. The van der Waals surface area contributed by atoms with E-state index in [0.717, 1.165) is 11.8 Å². The van der Waals surface area contributed by atoms with E-state index in [-0.39, 0.29) is 27.6 Å². The van der Waals surface area contributed by atoms with Gasteiger partial charge in [0.15, 0.2) is 11.5 Å². The predicted octanol–water partition coefficient (Wildman–Crippen LogP) is 3.34. The number of nitro groups is 1. The molecule has 136 valence electrons. The fourth-order valence-corrected chi connectivity index (χ4v) is 2.49. The number of methoxy groups -OCH3 is 2. The van der Waals surface area contributed by atoms with Crippen molar-refractivity contribution >= 4 is 29.4 Å². The molecule has 0 aliphatic rings. The number of hydrogen-bond donors (Lipinski definition) is 1. The molecule has 0 saturated heterocycles. The molecule has 0 spiro atoms. The molecule has 9 heteroatoms. The lowest BCUT2D eigenvalue weighted by Gasteiger charge is -2.08. The number of nitrogens with zero attached hydrogens (tertiary/aromatic N) is 2. The van der Waals surface area contributed by atoms with Gasteiger partial charge in [-0.15, -0.1) is 0 Å². The molecule has 0 atom stereocenters. The second-order valence-corrected chi connectivity index (χ2v) is 5.61. The number of hydrazone groups is 1. The van der Waals surface area contributed by atoms with E-state index < -0.39 is 10.8 Å². The van der Waals surface area contributed by atoms with Crippen LogP contribution in [0, 0.1) is 17.0 Å². The molecule has 0 bridgehead atoms. The van der Waals surface area contributed by atoms with Gasteiger partial charge in [-0.25, -0.2) is 5.43 Å². The lowest BCUT2D eigenvalue weighted by Crippen LogP contribution is -2.18. The van der Waals surface area contributed by atoms with Crippen molar-refractivity contribution in [2.24, 2.45) is 5.10 Å². The number of benzene rings is 2. The summed E-state index contributed by atoms with van der Waals surface area (Å²) in [6.07, 6.45) is 1.15. The third-order valence-electron chi connectivity index (χ3n) is 3.47. The first-order valence-corrected chi connectivity index (χ1v) is 7.75. The predicted molar refractivity (Wildman–Crippen MR) is 97.4 cm³/mol. The number of carbonyl (C=O) groups excluding carboxylic acids is 1. The van der Waals surface area contributed by atoms with Gasteiger partial charge < -0.3 is 9.47 Å². The minimum atomic E-state index is -0.581. The average Bonchev–Trinajstić information content (AvgIpc) is 2.60. The zero-order valence-corrected chi connectivity index (χ0v) is 15.0. The van der Waals surface area contributed by atoms with Crippen LogP contribution in [-0.4, -0.2) is 31.3 Å². The molecule has 0 aliphatic carbocycles. The highest BCUT2D eigenvalue weighted by atomic mass is 35.5. The Labute approximate surface area is 154 Å². The van der Waals surface area contributed by atoms with E-state index in [2.05, 4.69) is 10.5 Å². The maximum Gasteiger partial charge on any atom is 0.282 e. The van der Waals surface area contributed by atoms with Gasteiger partial charge in [0, 0.05) is 0 Å². The van der Waals surface area contributed by atoms with Gasteiger partial charge in [0.1, 0.15) is 0 Å². The highest BCUT2D eigenvalue weighted by Crippen LogP contribution is 2.33. The smallest absolute Gasteiger partial charge is 0.282 e. The van der Waals surface area contributed by atoms with Crippen molar-refractivity contribution in [1.82, 2.24) is 5.43 Å². The van der Waals surface area contributed by atoms with Gasteiger partial charge in [0.25, 0.3) is 11.6 Å². The van der Waals surface area contributed by atoms with E-state index in [9.17, 15) is 14.9 Å². The van der Waals surface area contributed by atoms with Gasteiger partial charge in [-0.05, 0) is 30.7 Å². The zero-order valence-electron chi connectivity index (χ0n) is 14.3. The Hall–Kier alpha value is -3.13. The van der Waals surface area contributed by atoms with Crippen LogP contribution in [0.2, 0.25) is 5.02 Å². The Kier molecular flexibility index (Phi) is 6.13. The maximum atomic E-state index is 12.1. The fraction of sp³-hybridized carbons (Fsp3) is 0.176. The highest BCUT2D eigenvalue weighted by Gasteiger charge is 2.18. The quantitative estimate of drug-likeness (QED) is 0.472. The van der Waals surface area contributed by atoms with Crippen LogP contribution >= 0.6 is 11.6 Å². The summed E-state index contributed by atoms with van der Waals surface area (Å²) in [6, 6.07) is 7.58. The van der Waals surface area contributed by atoms with Gasteiger partial charge >= 0.3 is 0 Å². The molecular formula is C17H16ClN3O5. The topological polar surface area (TPSA) is 103 Å². The van der Waals surface area contributed by atoms with Crippen molar-refractivity contribution in [1.29, 1.82) is 0 Å². The molecule has 0 heterocycles. The Morgan fingerprint density at radius 1 is 1.23 bits per heavy atom. The van der Waals surface area contributed by atoms with Crippen molar-refractivity contribution in [2.45, 2.75) is 6.92 Å². The molecule has 0 fully saturated rings. The number of hydrogen-bond acceptors (Lipinski definition) is 6. The number of nitrogens with one attached hydrogen (secondary N) is 1. The molecule has 2 rings (SSSR count). The molecule has 0 saturated carbocycles. The normalized spacial score (nSPS) is 10.6. The first-order chi connectivity index (χ1) is 12.4. The molecule has 8 nitrogen and oxygen atoms in total. The summed E-state index contributed by atoms with van der Waals surface area (Å²) < 4.78 is 10.2. The average molecular weight is 378 g/mol. The van der Waals surface area contributed by atoms with E-state index >= 15 is 0 Å². The molecule has 0 unspecified atom stereocenters. The van der Waals surface area contributed by atoms with Crippen LogP contribution < -0.4 is 14.9 Å². The monoisotopic (exact) mass is 377 g/mol.